The summed E-state index contributed by atoms with van der Waals surface area (Å²) in [6.45, 7) is 2.42. The molecular formula is C17H20N4O. The molecule has 0 aliphatic carbocycles. The highest BCUT2D eigenvalue weighted by Crippen LogP contribution is 2.21. The second-order valence-electron chi connectivity index (χ2n) is 5.47. The van der Waals surface area contributed by atoms with Gasteiger partial charge in [-0.2, -0.15) is 0 Å². The maximum absolute atomic E-state index is 12.5. The van der Waals surface area contributed by atoms with Gasteiger partial charge in [0.25, 0.3) is 5.91 Å². The minimum Gasteiger partial charge on any atom is -0.356 e. The van der Waals surface area contributed by atoms with Gasteiger partial charge in [0.1, 0.15) is 5.82 Å². The molecule has 0 saturated carbocycles. The molecule has 22 heavy (non-hydrogen) atoms. The third-order valence-electron chi connectivity index (χ3n) is 3.86. The number of pyridine rings is 2. The summed E-state index contributed by atoms with van der Waals surface area (Å²) in [5, 5.41) is 2.95. The first-order valence-electron chi connectivity index (χ1n) is 7.71. The van der Waals surface area contributed by atoms with Gasteiger partial charge >= 0.3 is 0 Å². The summed E-state index contributed by atoms with van der Waals surface area (Å²) in [6.07, 6.45) is 8.81. The second-order valence-corrected chi connectivity index (χ2v) is 5.47. The number of piperidine rings is 1. The van der Waals surface area contributed by atoms with Crippen LogP contribution in [0.4, 0.5) is 5.82 Å². The number of rotatable bonds is 4. The Morgan fingerprint density at radius 1 is 1.14 bits per heavy atom. The minimum atomic E-state index is -0.0856. The predicted octanol–water partition coefficient (Wildman–Crippen LogP) is 2.40. The minimum absolute atomic E-state index is 0.0856. The summed E-state index contributed by atoms with van der Waals surface area (Å²) in [4.78, 5) is 23.2. The SMILES string of the molecule is O=C(NCc1cccnc1)c1cccnc1N1CCCCC1. The molecule has 0 unspecified atom stereocenters. The van der Waals surface area contributed by atoms with Crippen LogP contribution in [-0.2, 0) is 6.54 Å². The summed E-state index contributed by atoms with van der Waals surface area (Å²) in [6, 6.07) is 7.47. The Kier molecular flexibility index (Phi) is 4.63. The molecule has 1 fully saturated rings. The summed E-state index contributed by atoms with van der Waals surface area (Å²) in [5.74, 6) is 0.711. The lowest BCUT2D eigenvalue weighted by atomic mass is 10.1. The molecule has 1 aliphatic heterocycles. The molecule has 0 spiro atoms. The first-order chi connectivity index (χ1) is 10.8. The Bertz CT molecular complexity index is 624. The topological polar surface area (TPSA) is 58.1 Å². The van der Waals surface area contributed by atoms with Gasteiger partial charge < -0.3 is 10.2 Å². The summed E-state index contributed by atoms with van der Waals surface area (Å²) in [5.41, 5.74) is 1.63. The monoisotopic (exact) mass is 296 g/mol. The molecule has 5 heteroatoms. The largest absolute Gasteiger partial charge is 0.356 e. The van der Waals surface area contributed by atoms with Crippen LogP contribution in [0, 0.1) is 0 Å². The molecule has 0 aromatic carbocycles. The quantitative estimate of drug-likeness (QED) is 0.941. The number of amides is 1. The lowest BCUT2D eigenvalue weighted by molar-refractivity contribution is 0.0951. The lowest BCUT2D eigenvalue weighted by Gasteiger charge is -2.29. The van der Waals surface area contributed by atoms with E-state index in [4.69, 9.17) is 0 Å². The smallest absolute Gasteiger partial charge is 0.255 e. The van der Waals surface area contributed by atoms with Crippen molar-refractivity contribution >= 4 is 11.7 Å². The first kappa shape index (κ1) is 14.5. The van der Waals surface area contributed by atoms with E-state index in [1.807, 2.05) is 24.3 Å². The third kappa shape index (κ3) is 3.42. The highest BCUT2D eigenvalue weighted by molar-refractivity contribution is 5.98. The molecule has 1 saturated heterocycles. The van der Waals surface area contributed by atoms with Crippen molar-refractivity contribution in [3.05, 3.63) is 54.0 Å². The van der Waals surface area contributed by atoms with E-state index in [0.29, 0.717) is 12.1 Å². The van der Waals surface area contributed by atoms with E-state index in [1.165, 1.54) is 6.42 Å². The fourth-order valence-corrected chi connectivity index (χ4v) is 2.71. The van der Waals surface area contributed by atoms with Crippen LogP contribution in [0.5, 0.6) is 0 Å². The average molecular weight is 296 g/mol. The molecule has 0 atom stereocenters. The summed E-state index contributed by atoms with van der Waals surface area (Å²) in [7, 11) is 0. The van der Waals surface area contributed by atoms with E-state index >= 15 is 0 Å². The molecule has 2 aromatic heterocycles. The van der Waals surface area contributed by atoms with Crippen LogP contribution in [0.1, 0.15) is 35.2 Å². The van der Waals surface area contributed by atoms with Crippen molar-refractivity contribution in [1.29, 1.82) is 0 Å². The molecular weight excluding hydrogens is 276 g/mol. The zero-order valence-corrected chi connectivity index (χ0v) is 12.5. The Morgan fingerprint density at radius 2 is 1.95 bits per heavy atom. The van der Waals surface area contributed by atoms with Gasteiger partial charge in [-0.05, 0) is 43.0 Å². The van der Waals surface area contributed by atoms with Crippen molar-refractivity contribution in [3.8, 4) is 0 Å². The van der Waals surface area contributed by atoms with E-state index in [0.717, 1.165) is 37.3 Å². The van der Waals surface area contributed by atoms with Crippen molar-refractivity contribution in [2.24, 2.45) is 0 Å². The Hall–Kier alpha value is -2.43. The van der Waals surface area contributed by atoms with Crippen LogP contribution < -0.4 is 10.2 Å². The highest BCUT2D eigenvalue weighted by Gasteiger charge is 2.19. The van der Waals surface area contributed by atoms with Crippen molar-refractivity contribution in [3.63, 3.8) is 0 Å². The summed E-state index contributed by atoms with van der Waals surface area (Å²) < 4.78 is 0. The number of nitrogens with zero attached hydrogens (tertiary/aromatic N) is 3. The Labute approximate surface area is 130 Å². The van der Waals surface area contributed by atoms with Crippen LogP contribution in [-0.4, -0.2) is 29.0 Å². The van der Waals surface area contributed by atoms with Crippen molar-refractivity contribution in [2.45, 2.75) is 25.8 Å². The fourth-order valence-electron chi connectivity index (χ4n) is 2.71. The molecule has 114 valence electrons. The molecule has 2 aromatic rings. The van der Waals surface area contributed by atoms with Gasteiger partial charge in [0.05, 0.1) is 5.56 Å². The first-order valence-corrected chi connectivity index (χ1v) is 7.71. The van der Waals surface area contributed by atoms with Crippen LogP contribution >= 0.6 is 0 Å². The number of hydrogen-bond donors (Lipinski definition) is 1. The highest BCUT2D eigenvalue weighted by atomic mass is 16.1. The number of nitrogens with one attached hydrogen (secondary N) is 1. The van der Waals surface area contributed by atoms with Gasteiger partial charge in [-0.3, -0.25) is 9.78 Å². The van der Waals surface area contributed by atoms with E-state index in [2.05, 4.69) is 20.2 Å². The number of carbonyl (C=O) groups excluding carboxylic acids is 1. The molecule has 5 nitrogen and oxygen atoms in total. The molecule has 3 heterocycles. The van der Waals surface area contributed by atoms with Gasteiger partial charge in [-0.15, -0.1) is 0 Å². The third-order valence-corrected chi connectivity index (χ3v) is 3.86. The lowest BCUT2D eigenvalue weighted by Crippen LogP contribution is -2.33. The van der Waals surface area contributed by atoms with E-state index in [9.17, 15) is 4.79 Å². The molecule has 1 N–H and O–H groups in total. The number of carbonyl (C=O) groups is 1. The van der Waals surface area contributed by atoms with Gasteiger partial charge in [0.2, 0.25) is 0 Å². The Morgan fingerprint density at radius 3 is 2.73 bits per heavy atom. The molecule has 1 amide bonds. The van der Waals surface area contributed by atoms with Crippen molar-refractivity contribution in [2.75, 3.05) is 18.0 Å². The molecule has 0 bridgehead atoms. The standard InChI is InChI=1S/C17H20N4O/c22-17(20-13-14-6-4-8-18-12-14)15-7-5-9-19-16(15)21-10-2-1-3-11-21/h4-9,12H,1-3,10-11,13H2,(H,20,22). The van der Waals surface area contributed by atoms with E-state index in [1.54, 1.807) is 18.6 Å². The predicted molar refractivity (Wildman–Crippen MR) is 85.7 cm³/mol. The fraction of sp³-hybridized carbons (Fsp3) is 0.353. The normalized spacial score (nSPS) is 14.6. The van der Waals surface area contributed by atoms with Crippen LogP contribution in [0.3, 0.4) is 0 Å². The maximum Gasteiger partial charge on any atom is 0.255 e. The van der Waals surface area contributed by atoms with Gasteiger partial charge in [-0.25, -0.2) is 4.98 Å². The van der Waals surface area contributed by atoms with Crippen LogP contribution in [0.15, 0.2) is 42.9 Å². The van der Waals surface area contributed by atoms with Gasteiger partial charge in [0.15, 0.2) is 0 Å². The zero-order valence-electron chi connectivity index (χ0n) is 12.5. The Balaban J connectivity index is 1.72. The van der Waals surface area contributed by atoms with Crippen LogP contribution in [0.2, 0.25) is 0 Å². The maximum atomic E-state index is 12.5. The van der Waals surface area contributed by atoms with Crippen molar-refractivity contribution in [1.82, 2.24) is 15.3 Å². The summed E-state index contributed by atoms with van der Waals surface area (Å²) >= 11 is 0. The molecule has 3 rings (SSSR count). The second kappa shape index (κ2) is 7.02. The molecule has 1 aliphatic rings. The average Bonchev–Trinajstić information content (AvgIpc) is 2.61. The number of hydrogen-bond acceptors (Lipinski definition) is 4. The van der Waals surface area contributed by atoms with Gasteiger partial charge in [0, 0.05) is 38.2 Å². The van der Waals surface area contributed by atoms with Gasteiger partial charge in [-0.1, -0.05) is 6.07 Å². The molecule has 0 radical (unpaired) electrons. The van der Waals surface area contributed by atoms with Crippen molar-refractivity contribution < 1.29 is 4.79 Å². The van der Waals surface area contributed by atoms with Crippen LogP contribution in [0.25, 0.3) is 0 Å². The van der Waals surface area contributed by atoms with E-state index < -0.39 is 0 Å². The van der Waals surface area contributed by atoms with E-state index in [-0.39, 0.29) is 5.91 Å². The zero-order chi connectivity index (χ0) is 15.2. The number of aromatic nitrogens is 2. The number of anilines is 1.